The third-order valence-electron chi connectivity index (χ3n) is 3.98. The van der Waals surface area contributed by atoms with Crippen LogP contribution < -0.4 is 4.74 Å². The van der Waals surface area contributed by atoms with E-state index < -0.39 is 17.0 Å². The van der Waals surface area contributed by atoms with E-state index >= 15 is 0 Å². The average molecular weight is 395 g/mol. The molecule has 3 rings (SSSR count). The number of methoxy groups -OCH3 is 1. The molecule has 0 radical (unpaired) electrons. The molecule has 1 atom stereocenters. The summed E-state index contributed by atoms with van der Waals surface area (Å²) in [5.74, 6) is 0.504. The van der Waals surface area contributed by atoms with Crippen molar-refractivity contribution in [3.63, 3.8) is 0 Å². The van der Waals surface area contributed by atoms with Crippen LogP contribution in [0.25, 0.3) is 5.65 Å². The van der Waals surface area contributed by atoms with Crippen molar-refractivity contribution in [1.29, 1.82) is 0 Å². The molecule has 0 aliphatic rings. The number of alkyl halides is 3. The van der Waals surface area contributed by atoms with E-state index in [2.05, 4.69) is 10.2 Å². The molecule has 0 bridgehead atoms. The van der Waals surface area contributed by atoms with Crippen molar-refractivity contribution in [2.45, 2.75) is 29.9 Å². The van der Waals surface area contributed by atoms with Crippen molar-refractivity contribution in [3.8, 4) is 5.75 Å². The first-order valence-corrected chi connectivity index (χ1v) is 8.98. The van der Waals surface area contributed by atoms with Gasteiger partial charge in [-0.3, -0.25) is 9.20 Å². The summed E-state index contributed by atoms with van der Waals surface area (Å²) in [5.41, 5.74) is -0.0108. The van der Waals surface area contributed by atoms with Crippen LogP contribution in [0.15, 0.2) is 47.8 Å². The largest absolute Gasteiger partial charge is 0.497 e. The summed E-state index contributed by atoms with van der Waals surface area (Å²) >= 11 is 1.10. The van der Waals surface area contributed by atoms with Crippen molar-refractivity contribution in [3.05, 3.63) is 53.7 Å². The zero-order valence-electron chi connectivity index (χ0n) is 14.5. The number of carbonyl (C=O) groups is 1. The standard InChI is InChI=1S/C18H16F3N3O2S/c1-3-14(16(25)11-4-7-13(26-2)8-5-11)27-17-23-22-15-9-6-12(10-24(15)17)18(19,20)21/h4-10,14H,3H2,1-2H3. The summed E-state index contributed by atoms with van der Waals surface area (Å²) in [7, 11) is 1.53. The Balaban J connectivity index is 1.88. The molecule has 1 aromatic carbocycles. The van der Waals surface area contributed by atoms with Crippen LogP contribution >= 0.6 is 11.8 Å². The monoisotopic (exact) mass is 395 g/mol. The zero-order chi connectivity index (χ0) is 19.6. The number of ether oxygens (including phenoxy) is 1. The first kappa shape index (κ1) is 19.2. The maximum Gasteiger partial charge on any atom is 0.417 e. The van der Waals surface area contributed by atoms with Crippen molar-refractivity contribution in [2.75, 3.05) is 7.11 Å². The summed E-state index contributed by atoms with van der Waals surface area (Å²) in [4.78, 5) is 12.8. The molecule has 0 aliphatic carbocycles. The fourth-order valence-corrected chi connectivity index (χ4v) is 3.52. The van der Waals surface area contributed by atoms with E-state index in [0.717, 1.165) is 24.0 Å². The van der Waals surface area contributed by atoms with Gasteiger partial charge >= 0.3 is 6.18 Å². The summed E-state index contributed by atoms with van der Waals surface area (Å²) < 4.78 is 45.2. The topological polar surface area (TPSA) is 56.5 Å². The molecule has 5 nitrogen and oxygen atoms in total. The quantitative estimate of drug-likeness (QED) is 0.454. The lowest BCUT2D eigenvalue weighted by molar-refractivity contribution is -0.137. The van der Waals surface area contributed by atoms with Gasteiger partial charge in [0.15, 0.2) is 16.6 Å². The highest BCUT2D eigenvalue weighted by atomic mass is 32.2. The lowest BCUT2D eigenvalue weighted by Gasteiger charge is -2.13. The summed E-state index contributed by atoms with van der Waals surface area (Å²) in [5, 5.41) is 7.57. The molecular weight excluding hydrogens is 379 g/mol. The minimum atomic E-state index is -4.47. The lowest BCUT2D eigenvalue weighted by atomic mass is 10.1. The predicted octanol–water partition coefficient (Wildman–Crippen LogP) is 4.51. The molecule has 1 unspecified atom stereocenters. The second-order valence-corrected chi connectivity index (χ2v) is 6.90. The molecule has 2 heterocycles. The molecule has 0 spiro atoms. The van der Waals surface area contributed by atoms with Gasteiger partial charge in [-0.15, -0.1) is 10.2 Å². The van der Waals surface area contributed by atoms with Gasteiger partial charge in [-0.2, -0.15) is 13.2 Å². The van der Waals surface area contributed by atoms with Crippen LogP contribution in [-0.4, -0.2) is 32.7 Å². The molecule has 0 N–H and O–H groups in total. The van der Waals surface area contributed by atoms with Crippen LogP contribution in [0.4, 0.5) is 13.2 Å². The number of aromatic nitrogens is 3. The number of ketones is 1. The summed E-state index contributed by atoms with van der Waals surface area (Å²) in [6, 6.07) is 8.91. The normalized spacial score (nSPS) is 12.9. The maximum atomic E-state index is 13.0. The molecule has 0 fully saturated rings. The second-order valence-electron chi connectivity index (χ2n) is 5.73. The molecule has 0 amide bonds. The molecule has 142 valence electrons. The van der Waals surface area contributed by atoms with E-state index in [0.29, 0.717) is 17.7 Å². The lowest BCUT2D eigenvalue weighted by Crippen LogP contribution is -2.17. The van der Waals surface area contributed by atoms with Gasteiger partial charge in [-0.05, 0) is 42.8 Å². The third-order valence-corrected chi connectivity index (χ3v) is 5.30. The van der Waals surface area contributed by atoms with Crippen molar-refractivity contribution < 1.29 is 22.7 Å². The smallest absolute Gasteiger partial charge is 0.417 e. The maximum absolute atomic E-state index is 13.0. The van der Waals surface area contributed by atoms with Crippen LogP contribution in [0, 0.1) is 0 Å². The second kappa shape index (κ2) is 7.59. The Morgan fingerprint density at radius 1 is 1.19 bits per heavy atom. The number of thioether (sulfide) groups is 1. The molecule has 0 saturated carbocycles. The number of nitrogens with zero attached hydrogens (tertiary/aromatic N) is 3. The molecular formula is C18H16F3N3O2S. The first-order valence-electron chi connectivity index (χ1n) is 8.10. The molecule has 27 heavy (non-hydrogen) atoms. The number of hydrogen-bond donors (Lipinski definition) is 0. The average Bonchev–Trinajstić information content (AvgIpc) is 3.07. The van der Waals surface area contributed by atoms with Crippen LogP contribution in [0.2, 0.25) is 0 Å². The van der Waals surface area contributed by atoms with Crippen LogP contribution in [-0.2, 0) is 6.18 Å². The number of Topliss-reactive ketones (excluding diaryl/α,β-unsaturated/α-hetero) is 1. The van der Waals surface area contributed by atoms with Crippen LogP contribution in [0.3, 0.4) is 0 Å². The van der Waals surface area contributed by atoms with Gasteiger partial charge in [0.1, 0.15) is 5.75 Å². The summed E-state index contributed by atoms with van der Waals surface area (Å²) in [6.45, 7) is 1.84. The van der Waals surface area contributed by atoms with Gasteiger partial charge in [0.2, 0.25) is 0 Å². The van der Waals surface area contributed by atoms with Gasteiger partial charge in [-0.25, -0.2) is 0 Å². The molecule has 3 aromatic rings. The minimum absolute atomic E-state index is 0.131. The Kier molecular flexibility index (Phi) is 5.41. The SMILES string of the molecule is CCC(Sc1nnc2ccc(C(F)(F)F)cn12)C(=O)c1ccc(OC)cc1. The van der Waals surface area contributed by atoms with Crippen LogP contribution in [0.1, 0.15) is 29.3 Å². The zero-order valence-corrected chi connectivity index (χ0v) is 15.3. The van der Waals surface area contributed by atoms with E-state index in [-0.39, 0.29) is 16.6 Å². The van der Waals surface area contributed by atoms with E-state index in [9.17, 15) is 18.0 Å². The number of rotatable bonds is 6. The highest BCUT2D eigenvalue weighted by Crippen LogP contribution is 2.32. The number of halogens is 3. The summed E-state index contributed by atoms with van der Waals surface area (Å²) in [6.07, 6.45) is -3.03. The number of fused-ring (bicyclic) bond motifs is 1. The Bertz CT molecular complexity index is 955. The van der Waals surface area contributed by atoms with Gasteiger partial charge in [0.05, 0.1) is 17.9 Å². The van der Waals surface area contributed by atoms with Gasteiger partial charge in [0, 0.05) is 11.8 Å². The van der Waals surface area contributed by atoms with Crippen molar-refractivity contribution >= 4 is 23.2 Å². The Hall–Kier alpha value is -2.55. The van der Waals surface area contributed by atoms with E-state index in [1.807, 2.05) is 6.92 Å². The molecule has 2 aromatic heterocycles. The Morgan fingerprint density at radius 2 is 1.89 bits per heavy atom. The van der Waals surface area contributed by atoms with E-state index in [1.165, 1.54) is 17.6 Å². The fraction of sp³-hybridized carbons (Fsp3) is 0.278. The van der Waals surface area contributed by atoms with Crippen molar-refractivity contribution in [2.24, 2.45) is 0 Å². The van der Waals surface area contributed by atoms with Gasteiger partial charge in [0.25, 0.3) is 0 Å². The van der Waals surface area contributed by atoms with Gasteiger partial charge < -0.3 is 4.74 Å². The number of benzene rings is 1. The molecule has 0 saturated heterocycles. The number of carbonyl (C=O) groups excluding carboxylic acids is 1. The number of hydrogen-bond acceptors (Lipinski definition) is 5. The fourth-order valence-electron chi connectivity index (χ4n) is 2.51. The number of pyridine rings is 1. The molecule has 9 heteroatoms. The Labute approximate surface area is 157 Å². The van der Waals surface area contributed by atoms with E-state index in [4.69, 9.17) is 4.74 Å². The van der Waals surface area contributed by atoms with Crippen LogP contribution in [0.5, 0.6) is 5.75 Å². The first-order chi connectivity index (χ1) is 12.8. The highest BCUT2D eigenvalue weighted by molar-refractivity contribution is 8.00. The predicted molar refractivity (Wildman–Crippen MR) is 95.2 cm³/mol. The van der Waals surface area contributed by atoms with Crippen molar-refractivity contribution in [1.82, 2.24) is 14.6 Å². The van der Waals surface area contributed by atoms with E-state index in [1.54, 1.807) is 24.3 Å². The highest BCUT2D eigenvalue weighted by Gasteiger charge is 2.31. The minimum Gasteiger partial charge on any atom is -0.497 e. The molecule has 0 aliphatic heterocycles. The van der Waals surface area contributed by atoms with Gasteiger partial charge in [-0.1, -0.05) is 18.7 Å². The third kappa shape index (κ3) is 4.08. The Morgan fingerprint density at radius 3 is 2.48 bits per heavy atom.